The molecule has 4 nitrogen and oxygen atoms in total. The number of carbonyl (C=O) groups is 1. The van der Waals surface area contributed by atoms with Crippen LogP contribution < -0.4 is 5.32 Å². The largest absolute Gasteiger partial charge is 0.416 e. The molecule has 1 N–H and O–H groups in total. The second-order valence-corrected chi connectivity index (χ2v) is 8.73. The number of hydrogen-bond acceptors (Lipinski definition) is 2. The number of nitrogens with one attached hydrogen (secondary N) is 1. The van der Waals surface area contributed by atoms with Gasteiger partial charge in [0.25, 0.3) is 0 Å². The first-order valence-corrected chi connectivity index (χ1v) is 11.3. The van der Waals surface area contributed by atoms with Gasteiger partial charge in [-0.15, -0.1) is 0 Å². The van der Waals surface area contributed by atoms with Crippen molar-refractivity contribution in [3.05, 3.63) is 29.8 Å². The number of halogens is 4. The number of benzene rings is 1. The Morgan fingerprint density at radius 2 is 2.00 bits per heavy atom. The molecule has 0 aliphatic carbocycles. The zero-order valence-corrected chi connectivity index (χ0v) is 18.6. The van der Waals surface area contributed by atoms with Crippen molar-refractivity contribution < 1.29 is 18.0 Å². The van der Waals surface area contributed by atoms with E-state index in [0.717, 1.165) is 55.5 Å². The summed E-state index contributed by atoms with van der Waals surface area (Å²) in [5.41, 5.74) is -0.581. The fraction of sp³-hybridized carbons (Fsp3) is 0.650. The average molecular weight is 511 g/mol. The van der Waals surface area contributed by atoms with Crippen LogP contribution in [0.15, 0.2) is 24.3 Å². The van der Waals surface area contributed by atoms with Crippen LogP contribution in [0.4, 0.5) is 23.7 Å². The molecule has 2 amide bonds. The number of piperidine rings is 1. The van der Waals surface area contributed by atoms with Crippen LogP contribution in [0.5, 0.6) is 0 Å². The Morgan fingerprint density at radius 3 is 2.57 bits per heavy atom. The van der Waals surface area contributed by atoms with Gasteiger partial charge in [0.05, 0.1) is 5.56 Å². The van der Waals surface area contributed by atoms with E-state index in [9.17, 15) is 18.0 Å². The summed E-state index contributed by atoms with van der Waals surface area (Å²) < 4.78 is 39.9. The molecule has 28 heavy (non-hydrogen) atoms. The molecule has 0 bridgehead atoms. The number of likely N-dealkylation sites (tertiary alicyclic amines) is 1. The minimum atomic E-state index is -4.43. The standard InChI is InChI=1S/C20H29F3IN3O/c1-15(2)6-12-27(18-7-10-26(11-8-18)13-9-24)19(28)25-17-5-3-4-16(14-17)20(21,22)23/h3-5,14-15,18H,6-13H2,1-2H3,(H,25,28). The summed E-state index contributed by atoms with van der Waals surface area (Å²) in [7, 11) is 0. The van der Waals surface area contributed by atoms with Crippen molar-refractivity contribution in [2.75, 3.05) is 35.9 Å². The molecule has 0 unspecified atom stereocenters. The second kappa shape index (κ2) is 10.7. The molecule has 1 aliphatic heterocycles. The lowest BCUT2D eigenvalue weighted by atomic mass is 10.0. The van der Waals surface area contributed by atoms with Crippen LogP contribution in [-0.2, 0) is 6.18 Å². The highest BCUT2D eigenvalue weighted by molar-refractivity contribution is 14.1. The summed E-state index contributed by atoms with van der Waals surface area (Å²) in [4.78, 5) is 17.1. The topological polar surface area (TPSA) is 35.6 Å². The van der Waals surface area contributed by atoms with Crippen molar-refractivity contribution in [2.24, 2.45) is 5.92 Å². The number of hydrogen-bond donors (Lipinski definition) is 1. The molecule has 0 spiro atoms. The fourth-order valence-corrected chi connectivity index (χ4v) is 4.07. The quantitative estimate of drug-likeness (QED) is 0.389. The van der Waals surface area contributed by atoms with E-state index in [-0.39, 0.29) is 17.8 Å². The minimum absolute atomic E-state index is 0.120. The Morgan fingerprint density at radius 1 is 1.32 bits per heavy atom. The number of alkyl halides is 4. The van der Waals surface area contributed by atoms with Crippen molar-refractivity contribution in [3.8, 4) is 0 Å². The van der Waals surface area contributed by atoms with E-state index in [2.05, 4.69) is 46.7 Å². The van der Waals surface area contributed by atoms with Gasteiger partial charge in [-0.05, 0) is 43.4 Å². The highest BCUT2D eigenvalue weighted by Crippen LogP contribution is 2.31. The van der Waals surface area contributed by atoms with E-state index in [1.807, 2.05) is 4.90 Å². The van der Waals surface area contributed by atoms with Gasteiger partial charge in [-0.1, -0.05) is 42.5 Å². The molecule has 1 aliphatic rings. The van der Waals surface area contributed by atoms with Crippen LogP contribution in [-0.4, -0.2) is 52.5 Å². The second-order valence-electron chi connectivity index (χ2n) is 7.65. The number of amides is 2. The molecule has 1 saturated heterocycles. The first-order valence-electron chi connectivity index (χ1n) is 9.74. The van der Waals surface area contributed by atoms with Crippen molar-refractivity contribution in [3.63, 3.8) is 0 Å². The Balaban J connectivity index is 2.07. The molecular formula is C20H29F3IN3O. The predicted octanol–water partition coefficient (Wildman–Crippen LogP) is 5.48. The predicted molar refractivity (Wildman–Crippen MR) is 115 cm³/mol. The summed E-state index contributed by atoms with van der Waals surface area (Å²) in [6.07, 6.45) is -1.77. The van der Waals surface area contributed by atoms with E-state index in [0.29, 0.717) is 12.5 Å². The summed E-state index contributed by atoms with van der Waals surface area (Å²) in [6, 6.07) is 4.62. The van der Waals surface area contributed by atoms with E-state index in [1.165, 1.54) is 12.1 Å². The summed E-state index contributed by atoms with van der Waals surface area (Å²) in [5, 5.41) is 2.68. The molecule has 8 heteroatoms. The normalized spacial score (nSPS) is 16.4. The average Bonchev–Trinajstić information content (AvgIpc) is 2.63. The molecule has 158 valence electrons. The van der Waals surface area contributed by atoms with Gasteiger partial charge in [0.15, 0.2) is 0 Å². The minimum Gasteiger partial charge on any atom is -0.321 e. The molecule has 1 aromatic rings. The van der Waals surface area contributed by atoms with Crippen molar-refractivity contribution in [1.82, 2.24) is 9.80 Å². The molecule has 0 saturated carbocycles. The van der Waals surface area contributed by atoms with Crippen molar-refractivity contribution in [1.29, 1.82) is 0 Å². The zero-order chi connectivity index (χ0) is 20.7. The summed E-state index contributed by atoms with van der Waals surface area (Å²) in [5.74, 6) is 0.447. The Labute approximate surface area is 179 Å². The highest BCUT2D eigenvalue weighted by Gasteiger charge is 2.31. The third-order valence-electron chi connectivity index (χ3n) is 5.05. The van der Waals surface area contributed by atoms with E-state index in [4.69, 9.17) is 0 Å². The number of carbonyl (C=O) groups excluding carboxylic acids is 1. The van der Waals surface area contributed by atoms with Gasteiger partial charge in [-0.3, -0.25) is 0 Å². The van der Waals surface area contributed by atoms with Crippen LogP contribution in [0.25, 0.3) is 0 Å². The first kappa shape index (κ1) is 23.3. The number of urea groups is 1. The zero-order valence-electron chi connectivity index (χ0n) is 16.4. The van der Waals surface area contributed by atoms with Gasteiger partial charge < -0.3 is 15.1 Å². The highest BCUT2D eigenvalue weighted by atomic mass is 127. The maximum Gasteiger partial charge on any atom is 0.416 e. The van der Waals surface area contributed by atoms with Crippen molar-refractivity contribution in [2.45, 2.75) is 45.3 Å². The lowest BCUT2D eigenvalue weighted by Gasteiger charge is -2.38. The molecule has 1 heterocycles. The third-order valence-corrected chi connectivity index (χ3v) is 5.53. The van der Waals surface area contributed by atoms with Gasteiger partial charge in [0.1, 0.15) is 0 Å². The van der Waals surface area contributed by atoms with Gasteiger partial charge in [0.2, 0.25) is 0 Å². The van der Waals surface area contributed by atoms with Crippen LogP contribution in [0.1, 0.15) is 38.7 Å². The maximum absolute atomic E-state index is 12.9. The van der Waals surface area contributed by atoms with Gasteiger partial charge >= 0.3 is 12.2 Å². The van der Waals surface area contributed by atoms with Crippen LogP contribution in [0.2, 0.25) is 0 Å². The molecular weight excluding hydrogens is 482 g/mol. The Kier molecular flexibility index (Phi) is 8.85. The molecule has 0 atom stereocenters. The number of nitrogens with zero attached hydrogens (tertiary/aromatic N) is 2. The molecule has 1 fully saturated rings. The van der Waals surface area contributed by atoms with Crippen LogP contribution in [0.3, 0.4) is 0 Å². The molecule has 1 aromatic carbocycles. The molecule has 0 aromatic heterocycles. The van der Waals surface area contributed by atoms with Gasteiger partial charge in [0, 0.05) is 42.3 Å². The van der Waals surface area contributed by atoms with Crippen LogP contribution in [0, 0.1) is 5.92 Å². The Bertz CT molecular complexity index is 631. The smallest absolute Gasteiger partial charge is 0.321 e. The van der Waals surface area contributed by atoms with Gasteiger partial charge in [-0.25, -0.2) is 4.79 Å². The van der Waals surface area contributed by atoms with E-state index < -0.39 is 11.7 Å². The fourth-order valence-electron chi connectivity index (χ4n) is 3.39. The summed E-state index contributed by atoms with van der Waals surface area (Å²) in [6.45, 7) is 7.76. The van der Waals surface area contributed by atoms with E-state index in [1.54, 1.807) is 0 Å². The van der Waals surface area contributed by atoms with Crippen molar-refractivity contribution >= 4 is 34.3 Å². The molecule has 0 radical (unpaired) electrons. The first-order chi connectivity index (χ1) is 13.2. The van der Waals surface area contributed by atoms with Gasteiger partial charge in [-0.2, -0.15) is 13.2 Å². The monoisotopic (exact) mass is 511 g/mol. The third kappa shape index (κ3) is 7.09. The number of anilines is 1. The van der Waals surface area contributed by atoms with E-state index >= 15 is 0 Å². The SMILES string of the molecule is CC(C)CCN(C(=O)Nc1cccc(C(F)(F)F)c1)C1CCN(CCI)CC1. The Hall–Kier alpha value is -1.03. The lowest BCUT2D eigenvalue weighted by Crippen LogP contribution is -2.49. The maximum atomic E-state index is 12.9. The molecule has 2 rings (SSSR count). The lowest BCUT2D eigenvalue weighted by molar-refractivity contribution is -0.137. The number of rotatable bonds is 7. The summed E-state index contributed by atoms with van der Waals surface area (Å²) >= 11 is 2.36. The van der Waals surface area contributed by atoms with Crippen LogP contribution >= 0.6 is 22.6 Å².